The van der Waals surface area contributed by atoms with Crippen molar-refractivity contribution in [3.63, 3.8) is 0 Å². The van der Waals surface area contributed by atoms with Crippen molar-refractivity contribution in [2.75, 3.05) is 10.2 Å². The van der Waals surface area contributed by atoms with Crippen LogP contribution in [-0.4, -0.2) is 17.7 Å². The molecule has 0 unspecified atom stereocenters. The van der Waals surface area contributed by atoms with E-state index in [9.17, 15) is 23.2 Å². The first kappa shape index (κ1) is 18.8. The van der Waals surface area contributed by atoms with Crippen molar-refractivity contribution >= 4 is 40.7 Å². The maximum Gasteiger partial charge on any atom is 0.266 e. The van der Waals surface area contributed by atoms with E-state index in [0.717, 1.165) is 11.0 Å². The number of imide groups is 1. The van der Waals surface area contributed by atoms with Gasteiger partial charge in [0.15, 0.2) is 11.6 Å². The molecule has 0 aliphatic carbocycles. The summed E-state index contributed by atoms with van der Waals surface area (Å²) in [4.78, 5) is 38.3. The van der Waals surface area contributed by atoms with E-state index in [2.05, 4.69) is 5.32 Å². The molecule has 0 saturated heterocycles. The molecular formula is C21H11ClF2N2O3. The number of benzene rings is 3. The highest BCUT2D eigenvalue weighted by Crippen LogP contribution is 2.29. The molecule has 0 atom stereocenters. The Labute approximate surface area is 168 Å². The summed E-state index contributed by atoms with van der Waals surface area (Å²) in [5.41, 5.74) is 1.07. The second-order valence-corrected chi connectivity index (χ2v) is 6.65. The zero-order valence-electron chi connectivity index (χ0n) is 14.6. The minimum atomic E-state index is -1.19. The maximum absolute atomic E-state index is 13.4. The molecule has 3 aromatic rings. The number of rotatable bonds is 3. The summed E-state index contributed by atoms with van der Waals surface area (Å²) in [6, 6.07) is 13.9. The summed E-state index contributed by atoms with van der Waals surface area (Å²) < 4.78 is 26.5. The lowest BCUT2D eigenvalue weighted by atomic mass is 10.1. The minimum absolute atomic E-state index is 0.227. The van der Waals surface area contributed by atoms with Crippen molar-refractivity contribution in [2.45, 2.75) is 0 Å². The zero-order chi connectivity index (χ0) is 20.7. The lowest BCUT2D eigenvalue weighted by Crippen LogP contribution is -2.29. The van der Waals surface area contributed by atoms with Crippen molar-refractivity contribution in [1.29, 1.82) is 0 Å². The molecule has 0 aromatic heterocycles. The first-order chi connectivity index (χ1) is 13.9. The molecule has 4 rings (SSSR count). The van der Waals surface area contributed by atoms with Crippen LogP contribution in [0, 0.1) is 11.6 Å². The normalized spacial score (nSPS) is 12.9. The van der Waals surface area contributed by atoms with E-state index in [-0.39, 0.29) is 10.6 Å². The van der Waals surface area contributed by atoms with Gasteiger partial charge in [-0.2, -0.15) is 0 Å². The van der Waals surface area contributed by atoms with Crippen LogP contribution in [0.25, 0.3) is 0 Å². The third-order valence-electron chi connectivity index (χ3n) is 4.43. The van der Waals surface area contributed by atoms with Crippen LogP contribution in [0.1, 0.15) is 31.1 Å². The predicted octanol–water partition coefficient (Wildman–Crippen LogP) is 4.67. The summed E-state index contributed by atoms with van der Waals surface area (Å²) in [5.74, 6) is -3.95. The number of halogens is 3. The Balaban J connectivity index is 1.55. The van der Waals surface area contributed by atoms with Crippen LogP contribution in [0.3, 0.4) is 0 Å². The molecule has 0 saturated carbocycles. The van der Waals surface area contributed by atoms with Gasteiger partial charge in [0, 0.05) is 5.69 Å². The number of hydrogen-bond donors (Lipinski definition) is 1. The van der Waals surface area contributed by atoms with Crippen molar-refractivity contribution in [1.82, 2.24) is 0 Å². The molecule has 5 nitrogen and oxygen atoms in total. The summed E-state index contributed by atoms with van der Waals surface area (Å²) in [6.45, 7) is 0. The van der Waals surface area contributed by atoms with E-state index in [1.165, 1.54) is 24.3 Å². The number of anilines is 2. The topological polar surface area (TPSA) is 66.5 Å². The fourth-order valence-electron chi connectivity index (χ4n) is 3.01. The lowest BCUT2D eigenvalue weighted by molar-refractivity contribution is 0.0924. The molecule has 1 aliphatic heterocycles. The van der Waals surface area contributed by atoms with Crippen LogP contribution in [-0.2, 0) is 0 Å². The largest absolute Gasteiger partial charge is 0.322 e. The highest BCUT2D eigenvalue weighted by atomic mass is 35.5. The fourth-order valence-corrected chi connectivity index (χ4v) is 3.25. The number of carbonyl (C=O) groups excluding carboxylic acids is 3. The van der Waals surface area contributed by atoms with Gasteiger partial charge in [0.2, 0.25) is 0 Å². The van der Waals surface area contributed by atoms with Crippen molar-refractivity contribution in [3.8, 4) is 0 Å². The molecule has 0 spiro atoms. The van der Waals surface area contributed by atoms with Gasteiger partial charge >= 0.3 is 0 Å². The molecule has 29 heavy (non-hydrogen) atoms. The number of fused-ring (bicyclic) bond motifs is 1. The molecule has 0 bridgehead atoms. The number of hydrogen-bond acceptors (Lipinski definition) is 3. The minimum Gasteiger partial charge on any atom is -0.322 e. The van der Waals surface area contributed by atoms with Gasteiger partial charge in [-0.05, 0) is 48.5 Å². The summed E-state index contributed by atoms with van der Waals surface area (Å²) in [7, 11) is 0. The smallest absolute Gasteiger partial charge is 0.266 e. The highest BCUT2D eigenvalue weighted by Gasteiger charge is 2.36. The Kier molecular flexibility index (Phi) is 4.60. The van der Waals surface area contributed by atoms with Gasteiger partial charge in [-0.15, -0.1) is 0 Å². The average molecular weight is 413 g/mol. The van der Waals surface area contributed by atoms with Crippen LogP contribution in [0.4, 0.5) is 20.2 Å². The highest BCUT2D eigenvalue weighted by molar-refractivity contribution is 6.35. The van der Waals surface area contributed by atoms with Crippen molar-refractivity contribution in [2.24, 2.45) is 0 Å². The Morgan fingerprint density at radius 2 is 1.41 bits per heavy atom. The summed E-state index contributed by atoms with van der Waals surface area (Å²) in [5, 5.41) is 2.27. The number of carbonyl (C=O) groups is 3. The van der Waals surface area contributed by atoms with Crippen LogP contribution >= 0.6 is 11.6 Å². The molecule has 1 heterocycles. The van der Waals surface area contributed by atoms with Gasteiger partial charge < -0.3 is 5.32 Å². The van der Waals surface area contributed by atoms with Crippen LogP contribution < -0.4 is 10.2 Å². The standard InChI is InChI=1S/C21H11ClF2N2O3/c22-16-10-18(24)17(23)9-15(16)19(27)25-11-5-7-12(8-6-11)26-20(28)13-3-1-2-4-14(13)21(26)29/h1-10H,(H,25,27). The molecule has 1 aliphatic rings. The van der Waals surface area contributed by atoms with E-state index >= 15 is 0 Å². The zero-order valence-corrected chi connectivity index (χ0v) is 15.3. The monoisotopic (exact) mass is 412 g/mol. The van der Waals surface area contributed by atoms with Crippen LogP contribution in [0.15, 0.2) is 60.7 Å². The van der Waals surface area contributed by atoms with Gasteiger partial charge in [-0.25, -0.2) is 13.7 Å². The second-order valence-electron chi connectivity index (χ2n) is 6.24. The second kappa shape index (κ2) is 7.10. The first-order valence-electron chi connectivity index (χ1n) is 8.40. The molecule has 144 valence electrons. The Bertz CT molecular complexity index is 1140. The maximum atomic E-state index is 13.4. The quantitative estimate of drug-likeness (QED) is 0.502. The van der Waals surface area contributed by atoms with Crippen LogP contribution in [0.2, 0.25) is 5.02 Å². The van der Waals surface area contributed by atoms with Crippen LogP contribution in [0.5, 0.6) is 0 Å². The third-order valence-corrected chi connectivity index (χ3v) is 4.74. The van der Waals surface area contributed by atoms with Gasteiger partial charge in [0.25, 0.3) is 17.7 Å². The molecule has 0 fully saturated rings. The Morgan fingerprint density at radius 1 is 0.862 bits per heavy atom. The Hall–Kier alpha value is -3.58. The Morgan fingerprint density at radius 3 is 2.00 bits per heavy atom. The van der Waals surface area contributed by atoms with E-state index in [1.54, 1.807) is 24.3 Å². The van der Waals surface area contributed by atoms with E-state index < -0.39 is 29.4 Å². The van der Waals surface area contributed by atoms with Gasteiger partial charge in [0.1, 0.15) is 0 Å². The van der Waals surface area contributed by atoms with E-state index in [1.807, 2.05) is 0 Å². The molecular weight excluding hydrogens is 402 g/mol. The first-order valence-corrected chi connectivity index (χ1v) is 8.78. The third kappa shape index (κ3) is 3.25. The van der Waals surface area contributed by atoms with Gasteiger partial charge in [-0.1, -0.05) is 23.7 Å². The lowest BCUT2D eigenvalue weighted by Gasteiger charge is -2.14. The SMILES string of the molecule is O=C(Nc1ccc(N2C(=O)c3ccccc3C2=O)cc1)c1cc(F)c(F)cc1Cl. The molecule has 3 aromatic carbocycles. The van der Waals surface area contributed by atoms with E-state index in [4.69, 9.17) is 11.6 Å². The van der Waals surface area contributed by atoms with Gasteiger partial charge in [-0.3, -0.25) is 14.4 Å². The molecule has 3 amide bonds. The fraction of sp³-hybridized carbons (Fsp3) is 0. The summed E-state index contributed by atoms with van der Waals surface area (Å²) >= 11 is 5.80. The number of nitrogens with one attached hydrogen (secondary N) is 1. The van der Waals surface area contributed by atoms with Crippen molar-refractivity contribution in [3.05, 3.63) is 94.0 Å². The average Bonchev–Trinajstić information content (AvgIpc) is 2.96. The molecule has 8 heteroatoms. The number of nitrogens with zero attached hydrogens (tertiary/aromatic N) is 1. The predicted molar refractivity (Wildman–Crippen MR) is 103 cm³/mol. The van der Waals surface area contributed by atoms with Gasteiger partial charge in [0.05, 0.1) is 27.4 Å². The molecule has 1 N–H and O–H groups in total. The number of amides is 3. The van der Waals surface area contributed by atoms with Crippen molar-refractivity contribution < 1.29 is 23.2 Å². The van der Waals surface area contributed by atoms with E-state index in [0.29, 0.717) is 28.6 Å². The summed E-state index contributed by atoms with van der Waals surface area (Å²) in [6.07, 6.45) is 0. The molecule has 0 radical (unpaired) electrons.